The third kappa shape index (κ3) is 4.14. The summed E-state index contributed by atoms with van der Waals surface area (Å²) >= 11 is 0. The first-order valence-electron chi connectivity index (χ1n) is 8.61. The minimum Gasteiger partial charge on any atom is -0.497 e. The number of amides is 3. The Hall–Kier alpha value is -3.02. The van der Waals surface area contributed by atoms with Gasteiger partial charge in [0, 0.05) is 36.8 Å². The molecule has 1 atom stereocenters. The molecular formula is C20H23N3O3. The molecule has 1 aliphatic rings. The molecule has 0 aromatic heterocycles. The SMILES string of the molecule is COc1ccc(N2CC(CNC(=O)Nc3ccccc3C)CC2=O)cc1. The average molecular weight is 353 g/mol. The van der Waals surface area contributed by atoms with Crippen molar-refractivity contribution in [2.75, 3.05) is 30.4 Å². The molecule has 2 aromatic rings. The number of methoxy groups -OCH3 is 1. The van der Waals surface area contributed by atoms with Crippen LogP contribution < -0.4 is 20.3 Å². The van der Waals surface area contributed by atoms with Gasteiger partial charge in [0.2, 0.25) is 5.91 Å². The van der Waals surface area contributed by atoms with Gasteiger partial charge in [0.1, 0.15) is 5.75 Å². The summed E-state index contributed by atoms with van der Waals surface area (Å²) in [5, 5.41) is 5.70. The molecule has 1 unspecified atom stereocenters. The topological polar surface area (TPSA) is 70.7 Å². The van der Waals surface area contributed by atoms with Gasteiger partial charge in [0.15, 0.2) is 0 Å². The first-order valence-corrected chi connectivity index (χ1v) is 8.61. The van der Waals surface area contributed by atoms with Crippen LogP contribution in [0.25, 0.3) is 0 Å². The van der Waals surface area contributed by atoms with Crippen molar-refractivity contribution in [3.63, 3.8) is 0 Å². The van der Waals surface area contributed by atoms with E-state index < -0.39 is 0 Å². The maximum atomic E-state index is 12.3. The van der Waals surface area contributed by atoms with Crippen molar-refractivity contribution in [2.45, 2.75) is 13.3 Å². The molecule has 0 saturated carbocycles. The highest BCUT2D eigenvalue weighted by Crippen LogP contribution is 2.26. The van der Waals surface area contributed by atoms with E-state index in [9.17, 15) is 9.59 Å². The Bertz CT molecular complexity index is 789. The fourth-order valence-corrected chi connectivity index (χ4v) is 3.05. The molecule has 1 aliphatic heterocycles. The fraction of sp³-hybridized carbons (Fsp3) is 0.300. The average Bonchev–Trinajstić information content (AvgIpc) is 3.03. The van der Waals surface area contributed by atoms with Crippen molar-refractivity contribution in [3.05, 3.63) is 54.1 Å². The van der Waals surface area contributed by atoms with Gasteiger partial charge in [-0.05, 0) is 42.8 Å². The predicted molar refractivity (Wildman–Crippen MR) is 102 cm³/mol. The minimum absolute atomic E-state index is 0.0706. The molecule has 6 heteroatoms. The summed E-state index contributed by atoms with van der Waals surface area (Å²) in [7, 11) is 1.61. The number of hydrogen-bond donors (Lipinski definition) is 2. The largest absolute Gasteiger partial charge is 0.497 e. The molecule has 0 radical (unpaired) electrons. The minimum atomic E-state index is -0.255. The van der Waals surface area contributed by atoms with Gasteiger partial charge in [-0.3, -0.25) is 4.79 Å². The third-order valence-electron chi connectivity index (χ3n) is 4.53. The fourth-order valence-electron chi connectivity index (χ4n) is 3.05. The van der Waals surface area contributed by atoms with Crippen molar-refractivity contribution in [1.29, 1.82) is 0 Å². The van der Waals surface area contributed by atoms with E-state index in [1.54, 1.807) is 12.0 Å². The second kappa shape index (κ2) is 7.91. The predicted octanol–water partition coefficient (Wildman–Crippen LogP) is 3.18. The lowest BCUT2D eigenvalue weighted by molar-refractivity contribution is -0.117. The Balaban J connectivity index is 1.52. The number of rotatable bonds is 5. The number of anilines is 2. The van der Waals surface area contributed by atoms with Crippen LogP contribution in [-0.4, -0.2) is 32.1 Å². The Morgan fingerprint density at radius 1 is 1.19 bits per heavy atom. The van der Waals surface area contributed by atoms with Crippen molar-refractivity contribution < 1.29 is 14.3 Å². The zero-order valence-corrected chi connectivity index (χ0v) is 15.0. The van der Waals surface area contributed by atoms with Crippen LogP contribution in [0, 0.1) is 12.8 Å². The zero-order valence-electron chi connectivity index (χ0n) is 15.0. The Morgan fingerprint density at radius 3 is 2.62 bits per heavy atom. The van der Waals surface area contributed by atoms with Crippen molar-refractivity contribution in [3.8, 4) is 5.75 Å². The van der Waals surface area contributed by atoms with E-state index in [0.717, 1.165) is 22.7 Å². The number of nitrogens with zero attached hydrogens (tertiary/aromatic N) is 1. The van der Waals surface area contributed by atoms with E-state index in [1.807, 2.05) is 55.5 Å². The number of nitrogens with one attached hydrogen (secondary N) is 2. The summed E-state index contributed by atoms with van der Waals surface area (Å²) in [5.41, 5.74) is 2.64. The summed E-state index contributed by atoms with van der Waals surface area (Å²) in [6.07, 6.45) is 0.427. The zero-order chi connectivity index (χ0) is 18.5. The number of ether oxygens (including phenoxy) is 1. The highest BCUT2D eigenvalue weighted by Gasteiger charge is 2.30. The molecule has 3 amide bonds. The highest BCUT2D eigenvalue weighted by molar-refractivity contribution is 5.96. The second-order valence-electron chi connectivity index (χ2n) is 6.42. The van der Waals surface area contributed by atoms with Gasteiger partial charge in [-0.1, -0.05) is 18.2 Å². The Labute approximate surface area is 153 Å². The number of urea groups is 1. The number of para-hydroxylation sites is 1. The van der Waals surface area contributed by atoms with Gasteiger partial charge in [-0.15, -0.1) is 0 Å². The van der Waals surface area contributed by atoms with Crippen molar-refractivity contribution in [2.24, 2.45) is 5.92 Å². The van der Waals surface area contributed by atoms with Crippen LogP contribution in [0.1, 0.15) is 12.0 Å². The van der Waals surface area contributed by atoms with Crippen LogP contribution in [-0.2, 0) is 4.79 Å². The smallest absolute Gasteiger partial charge is 0.319 e. The monoisotopic (exact) mass is 353 g/mol. The van der Waals surface area contributed by atoms with Gasteiger partial charge in [-0.25, -0.2) is 4.79 Å². The molecule has 0 bridgehead atoms. The maximum absolute atomic E-state index is 12.3. The van der Waals surface area contributed by atoms with E-state index in [4.69, 9.17) is 4.74 Å². The van der Waals surface area contributed by atoms with Crippen molar-refractivity contribution >= 4 is 23.3 Å². The van der Waals surface area contributed by atoms with Crippen LogP contribution in [0.4, 0.5) is 16.2 Å². The lowest BCUT2D eigenvalue weighted by Crippen LogP contribution is -2.34. The molecule has 1 fully saturated rings. The number of carbonyl (C=O) groups excluding carboxylic acids is 2. The van der Waals surface area contributed by atoms with Crippen LogP contribution in [0.15, 0.2) is 48.5 Å². The quantitative estimate of drug-likeness (QED) is 0.867. The maximum Gasteiger partial charge on any atom is 0.319 e. The Morgan fingerprint density at radius 2 is 1.92 bits per heavy atom. The number of aryl methyl sites for hydroxylation is 1. The first-order chi connectivity index (χ1) is 12.6. The third-order valence-corrected chi connectivity index (χ3v) is 4.53. The molecule has 2 N–H and O–H groups in total. The van der Waals surface area contributed by atoms with Crippen LogP contribution in [0.5, 0.6) is 5.75 Å². The first kappa shape index (κ1) is 17.8. The van der Waals surface area contributed by atoms with E-state index >= 15 is 0 Å². The van der Waals surface area contributed by atoms with Gasteiger partial charge < -0.3 is 20.3 Å². The standard InChI is InChI=1S/C20H23N3O3/c1-14-5-3-4-6-18(14)22-20(25)21-12-15-11-19(24)23(13-15)16-7-9-17(26-2)10-8-16/h3-10,15H,11-13H2,1-2H3,(H2,21,22,25). The summed E-state index contributed by atoms with van der Waals surface area (Å²) in [6, 6.07) is 14.8. The summed E-state index contributed by atoms with van der Waals surface area (Å²) in [5.74, 6) is 0.917. The molecule has 26 heavy (non-hydrogen) atoms. The summed E-state index contributed by atoms with van der Waals surface area (Å²) < 4.78 is 5.14. The molecule has 1 saturated heterocycles. The molecular weight excluding hydrogens is 330 g/mol. The van der Waals surface area contributed by atoms with Gasteiger partial charge >= 0.3 is 6.03 Å². The summed E-state index contributed by atoms with van der Waals surface area (Å²) in [4.78, 5) is 26.1. The highest BCUT2D eigenvalue weighted by atomic mass is 16.5. The lowest BCUT2D eigenvalue weighted by Gasteiger charge is -2.17. The van der Waals surface area contributed by atoms with Gasteiger partial charge in [-0.2, -0.15) is 0 Å². The van der Waals surface area contributed by atoms with Crippen molar-refractivity contribution in [1.82, 2.24) is 5.32 Å². The summed E-state index contributed by atoms with van der Waals surface area (Å²) in [6.45, 7) is 2.99. The molecule has 0 aliphatic carbocycles. The molecule has 1 heterocycles. The van der Waals surface area contributed by atoms with E-state index in [1.165, 1.54) is 0 Å². The van der Waals surface area contributed by atoms with E-state index in [2.05, 4.69) is 10.6 Å². The second-order valence-corrected chi connectivity index (χ2v) is 6.42. The number of hydrogen-bond acceptors (Lipinski definition) is 3. The van der Waals surface area contributed by atoms with E-state index in [-0.39, 0.29) is 17.9 Å². The molecule has 6 nitrogen and oxygen atoms in total. The lowest BCUT2D eigenvalue weighted by atomic mass is 10.1. The molecule has 2 aromatic carbocycles. The normalized spacial score (nSPS) is 16.5. The Kier molecular flexibility index (Phi) is 5.41. The van der Waals surface area contributed by atoms with Gasteiger partial charge in [0.05, 0.1) is 7.11 Å². The van der Waals surface area contributed by atoms with E-state index in [0.29, 0.717) is 19.5 Å². The molecule has 136 valence electrons. The van der Waals surface area contributed by atoms with Gasteiger partial charge in [0.25, 0.3) is 0 Å². The number of benzene rings is 2. The van der Waals surface area contributed by atoms with Crippen LogP contribution in [0.2, 0.25) is 0 Å². The van der Waals surface area contributed by atoms with Crippen LogP contribution in [0.3, 0.4) is 0 Å². The molecule has 3 rings (SSSR count). The number of carbonyl (C=O) groups is 2. The molecule has 0 spiro atoms. The van der Waals surface area contributed by atoms with Crippen LogP contribution >= 0.6 is 0 Å².